The third-order valence-corrected chi connectivity index (χ3v) is 3.92. The number of carbonyl (C=O) groups excluding carboxylic acids is 2. The van der Waals surface area contributed by atoms with Crippen molar-refractivity contribution in [1.29, 1.82) is 0 Å². The minimum absolute atomic E-state index is 0.114. The molecule has 1 aromatic carbocycles. The van der Waals surface area contributed by atoms with Gasteiger partial charge in [-0.2, -0.15) is 0 Å². The predicted octanol–water partition coefficient (Wildman–Crippen LogP) is 1.54. The Labute approximate surface area is 115 Å². The van der Waals surface area contributed by atoms with Crippen molar-refractivity contribution >= 4 is 12.0 Å². The maximum atomic E-state index is 12.8. The van der Waals surface area contributed by atoms with E-state index in [4.69, 9.17) is 4.74 Å². The minimum atomic E-state index is -0.462. The molecule has 2 aliphatic rings. The van der Waals surface area contributed by atoms with Crippen molar-refractivity contribution in [2.24, 2.45) is 0 Å². The number of nitrogens with one attached hydrogen (secondary N) is 1. The highest BCUT2D eigenvalue weighted by atomic mass is 19.1. The minimum Gasteiger partial charge on any atom is -0.441 e. The lowest BCUT2D eigenvalue weighted by atomic mass is 9.91. The quantitative estimate of drug-likeness (QED) is 0.847. The van der Waals surface area contributed by atoms with Crippen LogP contribution in [0.25, 0.3) is 0 Å². The van der Waals surface area contributed by atoms with E-state index in [1.54, 1.807) is 4.90 Å². The number of hydrogen-bond acceptors (Lipinski definition) is 3. The molecule has 2 aliphatic heterocycles. The van der Waals surface area contributed by atoms with Crippen molar-refractivity contribution in [3.63, 3.8) is 0 Å². The zero-order valence-corrected chi connectivity index (χ0v) is 10.9. The van der Waals surface area contributed by atoms with E-state index in [1.807, 2.05) is 0 Å². The molecule has 106 valence electrons. The van der Waals surface area contributed by atoms with E-state index in [1.165, 1.54) is 24.3 Å². The van der Waals surface area contributed by atoms with Crippen molar-refractivity contribution in [2.45, 2.75) is 18.4 Å². The van der Waals surface area contributed by atoms with E-state index >= 15 is 0 Å². The zero-order chi connectivity index (χ0) is 14.2. The summed E-state index contributed by atoms with van der Waals surface area (Å²) in [5, 5.41) is 2.66. The summed E-state index contributed by atoms with van der Waals surface area (Å²) >= 11 is 0. The Bertz CT molecular complexity index is 536. The summed E-state index contributed by atoms with van der Waals surface area (Å²) in [5.41, 5.74) is 0.0142. The lowest BCUT2D eigenvalue weighted by Crippen LogP contribution is -2.48. The number of ether oxygens (including phenoxy) is 1. The summed E-state index contributed by atoms with van der Waals surface area (Å²) in [5.74, 6) is -0.472. The molecule has 1 spiro atoms. The van der Waals surface area contributed by atoms with Crippen molar-refractivity contribution in [3.8, 4) is 0 Å². The fraction of sp³-hybridized carbons (Fsp3) is 0.429. The molecular formula is C14H15FN2O3. The molecule has 0 aromatic heterocycles. The number of piperidine rings is 1. The van der Waals surface area contributed by atoms with Crippen LogP contribution in [0.1, 0.15) is 23.2 Å². The van der Waals surface area contributed by atoms with Crippen LogP contribution in [0.4, 0.5) is 9.18 Å². The van der Waals surface area contributed by atoms with Gasteiger partial charge in [0.1, 0.15) is 11.4 Å². The lowest BCUT2D eigenvalue weighted by molar-refractivity contribution is 0.00331. The highest BCUT2D eigenvalue weighted by molar-refractivity contribution is 5.94. The molecule has 1 aromatic rings. The molecule has 0 bridgehead atoms. The van der Waals surface area contributed by atoms with Gasteiger partial charge in [-0.3, -0.25) is 4.79 Å². The van der Waals surface area contributed by atoms with Gasteiger partial charge in [0, 0.05) is 31.5 Å². The van der Waals surface area contributed by atoms with Gasteiger partial charge in [-0.1, -0.05) is 0 Å². The first-order valence-corrected chi connectivity index (χ1v) is 6.60. The van der Waals surface area contributed by atoms with Crippen LogP contribution in [0.5, 0.6) is 0 Å². The van der Waals surface area contributed by atoms with Crippen LogP contribution in [-0.4, -0.2) is 42.1 Å². The van der Waals surface area contributed by atoms with E-state index in [-0.39, 0.29) is 17.8 Å². The van der Waals surface area contributed by atoms with Crippen LogP contribution in [0.3, 0.4) is 0 Å². The van der Waals surface area contributed by atoms with Gasteiger partial charge in [0.25, 0.3) is 5.91 Å². The summed E-state index contributed by atoms with van der Waals surface area (Å²) in [4.78, 5) is 25.1. The first-order valence-electron chi connectivity index (χ1n) is 6.60. The zero-order valence-electron chi connectivity index (χ0n) is 10.9. The van der Waals surface area contributed by atoms with Crippen LogP contribution in [0.2, 0.25) is 0 Å². The highest BCUT2D eigenvalue weighted by Crippen LogP contribution is 2.29. The number of hydrogen-bond donors (Lipinski definition) is 1. The maximum Gasteiger partial charge on any atom is 0.407 e. The summed E-state index contributed by atoms with van der Waals surface area (Å²) < 4.78 is 18.2. The van der Waals surface area contributed by atoms with E-state index in [0.29, 0.717) is 38.0 Å². The molecule has 0 atom stereocenters. The van der Waals surface area contributed by atoms with E-state index in [2.05, 4.69) is 5.32 Å². The SMILES string of the molecule is O=C1NCC2(CCN(C(=O)c3ccc(F)cc3)CC2)O1. The number of halogens is 1. The van der Waals surface area contributed by atoms with E-state index in [0.717, 1.165) is 0 Å². The van der Waals surface area contributed by atoms with Crippen LogP contribution in [0, 0.1) is 5.82 Å². The van der Waals surface area contributed by atoms with E-state index < -0.39 is 5.60 Å². The Morgan fingerprint density at radius 3 is 2.45 bits per heavy atom. The molecule has 0 saturated carbocycles. The molecule has 2 saturated heterocycles. The van der Waals surface area contributed by atoms with Crippen LogP contribution >= 0.6 is 0 Å². The average molecular weight is 278 g/mol. The normalized spacial score (nSPS) is 20.6. The standard InChI is InChI=1S/C14H15FN2O3/c15-11-3-1-10(2-4-11)12(18)17-7-5-14(6-8-17)9-16-13(19)20-14/h1-4H,5-9H2,(H,16,19). The maximum absolute atomic E-state index is 12.8. The molecule has 3 rings (SSSR count). The van der Waals surface area contributed by atoms with Crippen molar-refractivity contribution in [2.75, 3.05) is 19.6 Å². The number of benzene rings is 1. The number of alkyl carbamates (subject to hydrolysis) is 1. The summed E-state index contributed by atoms with van der Waals surface area (Å²) in [6.45, 7) is 1.57. The Morgan fingerprint density at radius 2 is 1.90 bits per heavy atom. The monoisotopic (exact) mass is 278 g/mol. The Kier molecular flexibility index (Phi) is 3.08. The molecule has 20 heavy (non-hydrogen) atoms. The Morgan fingerprint density at radius 1 is 1.25 bits per heavy atom. The largest absolute Gasteiger partial charge is 0.441 e. The van der Waals surface area contributed by atoms with Gasteiger partial charge in [-0.25, -0.2) is 9.18 Å². The van der Waals surface area contributed by atoms with Crippen molar-refractivity contribution in [3.05, 3.63) is 35.6 Å². The molecule has 0 aliphatic carbocycles. The topological polar surface area (TPSA) is 58.6 Å². The lowest BCUT2D eigenvalue weighted by Gasteiger charge is -2.37. The highest BCUT2D eigenvalue weighted by Gasteiger charge is 2.43. The molecule has 5 nitrogen and oxygen atoms in total. The van der Waals surface area contributed by atoms with Gasteiger partial charge < -0.3 is 15.0 Å². The molecule has 0 unspecified atom stereocenters. The van der Waals surface area contributed by atoms with E-state index in [9.17, 15) is 14.0 Å². The number of rotatable bonds is 1. The third kappa shape index (κ3) is 2.33. The first-order chi connectivity index (χ1) is 9.58. The number of carbonyl (C=O) groups is 2. The second-order valence-corrected chi connectivity index (χ2v) is 5.23. The number of nitrogens with zero attached hydrogens (tertiary/aromatic N) is 1. The second kappa shape index (κ2) is 4.77. The molecule has 2 heterocycles. The fourth-order valence-electron chi connectivity index (χ4n) is 2.67. The fourth-order valence-corrected chi connectivity index (χ4v) is 2.67. The molecule has 2 fully saturated rings. The predicted molar refractivity (Wildman–Crippen MR) is 68.8 cm³/mol. The average Bonchev–Trinajstić information content (AvgIpc) is 2.81. The van der Waals surface area contributed by atoms with Gasteiger partial charge in [0.15, 0.2) is 0 Å². The van der Waals surface area contributed by atoms with Crippen LogP contribution in [-0.2, 0) is 4.74 Å². The van der Waals surface area contributed by atoms with Gasteiger partial charge in [-0.05, 0) is 24.3 Å². The van der Waals surface area contributed by atoms with Crippen molar-refractivity contribution < 1.29 is 18.7 Å². The third-order valence-electron chi connectivity index (χ3n) is 3.92. The molecule has 0 radical (unpaired) electrons. The van der Waals surface area contributed by atoms with Gasteiger partial charge in [-0.15, -0.1) is 0 Å². The van der Waals surface area contributed by atoms with Gasteiger partial charge in [0.2, 0.25) is 0 Å². The summed E-state index contributed by atoms with van der Waals surface area (Å²) in [6, 6.07) is 5.53. The van der Waals surface area contributed by atoms with Crippen LogP contribution < -0.4 is 5.32 Å². The van der Waals surface area contributed by atoms with Gasteiger partial charge >= 0.3 is 6.09 Å². The molecule has 1 N–H and O–H groups in total. The molecular weight excluding hydrogens is 263 g/mol. The smallest absolute Gasteiger partial charge is 0.407 e. The van der Waals surface area contributed by atoms with Crippen molar-refractivity contribution in [1.82, 2.24) is 10.2 Å². The van der Waals surface area contributed by atoms with Crippen LogP contribution in [0.15, 0.2) is 24.3 Å². The Hall–Kier alpha value is -2.11. The first kappa shape index (κ1) is 12.9. The summed E-state index contributed by atoms with van der Waals surface area (Å²) in [6.07, 6.45) is 0.862. The molecule has 6 heteroatoms. The second-order valence-electron chi connectivity index (χ2n) is 5.23. The van der Waals surface area contributed by atoms with Gasteiger partial charge in [0.05, 0.1) is 6.54 Å². The Balaban J connectivity index is 1.64. The number of likely N-dealkylation sites (tertiary alicyclic amines) is 1. The summed E-state index contributed by atoms with van der Waals surface area (Å²) in [7, 11) is 0. The molecule has 2 amide bonds. The number of amides is 2.